The largest absolute Gasteiger partial charge is 0.484 e. The van der Waals surface area contributed by atoms with Crippen molar-refractivity contribution < 1.29 is 9.53 Å². The van der Waals surface area contributed by atoms with Gasteiger partial charge in [-0.2, -0.15) is 0 Å². The van der Waals surface area contributed by atoms with Crippen molar-refractivity contribution in [3.05, 3.63) is 48.5 Å². The van der Waals surface area contributed by atoms with E-state index in [1.807, 2.05) is 43.0 Å². The van der Waals surface area contributed by atoms with Gasteiger partial charge < -0.3 is 25.3 Å². The number of amides is 1. The summed E-state index contributed by atoms with van der Waals surface area (Å²) < 4.78 is 7.56. The molecule has 1 aromatic carbocycles. The molecule has 8 nitrogen and oxygen atoms in total. The second-order valence-electron chi connectivity index (χ2n) is 7.09. The van der Waals surface area contributed by atoms with Crippen molar-refractivity contribution >= 4 is 11.9 Å². The first-order valence-corrected chi connectivity index (χ1v) is 9.50. The highest BCUT2D eigenvalue weighted by Crippen LogP contribution is 2.27. The van der Waals surface area contributed by atoms with Crippen LogP contribution in [0.1, 0.15) is 24.9 Å². The lowest BCUT2D eigenvalue weighted by Crippen LogP contribution is -2.48. The van der Waals surface area contributed by atoms with Gasteiger partial charge in [0.2, 0.25) is 0 Å². The Hall–Kier alpha value is -3.03. The van der Waals surface area contributed by atoms with Gasteiger partial charge in [-0.05, 0) is 30.0 Å². The van der Waals surface area contributed by atoms with E-state index in [4.69, 9.17) is 10.5 Å². The zero-order chi connectivity index (χ0) is 19.9. The second-order valence-corrected chi connectivity index (χ2v) is 7.09. The van der Waals surface area contributed by atoms with Crippen molar-refractivity contribution in [2.45, 2.75) is 25.9 Å². The molecule has 0 bridgehead atoms. The van der Waals surface area contributed by atoms with Crippen LogP contribution in [0, 0.1) is 5.92 Å². The van der Waals surface area contributed by atoms with Crippen LogP contribution in [0.25, 0.3) is 0 Å². The molecule has 1 aliphatic heterocycles. The number of benzene rings is 1. The Morgan fingerprint density at radius 1 is 1.46 bits per heavy atom. The number of carbonyl (C=O) groups is 1. The molecule has 3 N–H and O–H groups in total. The SMILES string of the molecule is CN=C(NCc1cccc(OCC(N)=O)c1)N1CCC(C)C(n2ccnc2)C1. The predicted molar refractivity (Wildman–Crippen MR) is 108 cm³/mol. The van der Waals surface area contributed by atoms with Gasteiger partial charge in [-0.1, -0.05) is 19.1 Å². The van der Waals surface area contributed by atoms with Gasteiger partial charge in [0, 0.05) is 39.1 Å². The molecule has 2 unspecified atom stereocenters. The molecule has 1 fully saturated rings. The number of aromatic nitrogens is 2. The van der Waals surface area contributed by atoms with Crippen molar-refractivity contribution in [1.29, 1.82) is 0 Å². The summed E-state index contributed by atoms with van der Waals surface area (Å²) in [6.45, 7) is 4.63. The molecule has 1 saturated heterocycles. The van der Waals surface area contributed by atoms with Gasteiger partial charge in [-0.3, -0.25) is 9.79 Å². The normalized spacial score (nSPS) is 20.1. The Morgan fingerprint density at radius 3 is 3.04 bits per heavy atom. The lowest BCUT2D eigenvalue weighted by molar-refractivity contribution is -0.119. The molecule has 0 radical (unpaired) electrons. The number of likely N-dealkylation sites (tertiary alicyclic amines) is 1. The van der Waals surface area contributed by atoms with Crippen LogP contribution < -0.4 is 15.8 Å². The standard InChI is InChI=1S/C20H28N6O2/c1-15-6-8-25(12-18(15)26-9-7-23-14-26)20(22-2)24-11-16-4-3-5-17(10-16)28-13-19(21)27/h3-5,7,9-10,14-15,18H,6,8,11-13H2,1-2H3,(H2,21,27)(H,22,24). The molecule has 28 heavy (non-hydrogen) atoms. The zero-order valence-corrected chi connectivity index (χ0v) is 16.4. The minimum absolute atomic E-state index is 0.125. The summed E-state index contributed by atoms with van der Waals surface area (Å²) in [4.78, 5) is 21.8. The lowest BCUT2D eigenvalue weighted by atomic mass is 9.93. The highest BCUT2D eigenvalue weighted by atomic mass is 16.5. The van der Waals surface area contributed by atoms with E-state index in [0.29, 0.717) is 24.3 Å². The zero-order valence-electron chi connectivity index (χ0n) is 16.4. The van der Waals surface area contributed by atoms with Crippen LogP contribution in [-0.4, -0.2) is 53.1 Å². The van der Waals surface area contributed by atoms with Gasteiger partial charge in [0.25, 0.3) is 5.91 Å². The number of nitrogens with one attached hydrogen (secondary N) is 1. The summed E-state index contributed by atoms with van der Waals surface area (Å²) in [5.41, 5.74) is 6.17. The Bertz CT molecular complexity index is 805. The van der Waals surface area contributed by atoms with Crippen LogP contribution >= 0.6 is 0 Å². The fourth-order valence-electron chi connectivity index (χ4n) is 3.51. The van der Waals surface area contributed by atoms with Gasteiger partial charge in [-0.25, -0.2) is 4.98 Å². The number of imidazole rings is 1. The number of aliphatic imine (C=N–C) groups is 1. The van der Waals surface area contributed by atoms with Crippen LogP contribution in [-0.2, 0) is 11.3 Å². The number of hydrogen-bond acceptors (Lipinski definition) is 4. The van der Waals surface area contributed by atoms with Crippen molar-refractivity contribution in [3.63, 3.8) is 0 Å². The molecule has 0 saturated carbocycles. The first-order chi connectivity index (χ1) is 13.6. The molecule has 150 valence electrons. The van der Waals surface area contributed by atoms with Crippen LogP contribution in [0.4, 0.5) is 0 Å². The number of primary amides is 1. The molecule has 0 aliphatic carbocycles. The first-order valence-electron chi connectivity index (χ1n) is 9.50. The summed E-state index contributed by atoms with van der Waals surface area (Å²) in [5, 5.41) is 3.43. The number of nitrogens with two attached hydrogens (primary N) is 1. The smallest absolute Gasteiger partial charge is 0.255 e. The van der Waals surface area contributed by atoms with E-state index in [9.17, 15) is 4.79 Å². The molecule has 2 atom stereocenters. The van der Waals surface area contributed by atoms with Crippen molar-refractivity contribution in [3.8, 4) is 5.75 Å². The van der Waals surface area contributed by atoms with E-state index >= 15 is 0 Å². The maximum atomic E-state index is 10.9. The van der Waals surface area contributed by atoms with Crippen LogP contribution in [0.2, 0.25) is 0 Å². The van der Waals surface area contributed by atoms with Crippen molar-refractivity contribution in [1.82, 2.24) is 19.8 Å². The molecule has 3 rings (SSSR count). The molecule has 2 heterocycles. The third kappa shape index (κ3) is 5.03. The average molecular weight is 384 g/mol. The van der Waals surface area contributed by atoms with E-state index in [2.05, 4.69) is 31.7 Å². The Kier molecular flexibility index (Phi) is 6.52. The highest BCUT2D eigenvalue weighted by Gasteiger charge is 2.28. The summed E-state index contributed by atoms with van der Waals surface area (Å²) in [5.74, 6) is 1.60. The average Bonchev–Trinajstić information content (AvgIpc) is 3.23. The van der Waals surface area contributed by atoms with E-state index in [-0.39, 0.29) is 6.61 Å². The Labute approximate surface area is 165 Å². The summed E-state index contributed by atoms with van der Waals surface area (Å²) in [6.07, 6.45) is 6.84. The third-order valence-corrected chi connectivity index (χ3v) is 5.07. The number of ether oxygens (including phenoxy) is 1. The number of guanidine groups is 1. The van der Waals surface area contributed by atoms with Gasteiger partial charge in [-0.15, -0.1) is 0 Å². The number of carbonyl (C=O) groups excluding carboxylic acids is 1. The quantitative estimate of drug-likeness (QED) is 0.580. The van der Waals surface area contributed by atoms with E-state index < -0.39 is 5.91 Å². The Morgan fingerprint density at radius 2 is 2.32 bits per heavy atom. The van der Waals surface area contributed by atoms with E-state index in [0.717, 1.165) is 31.0 Å². The topological polar surface area (TPSA) is 97.8 Å². The maximum absolute atomic E-state index is 10.9. The molecule has 1 aromatic heterocycles. The van der Waals surface area contributed by atoms with Crippen LogP contribution in [0.3, 0.4) is 0 Å². The fourth-order valence-corrected chi connectivity index (χ4v) is 3.51. The molecule has 0 spiro atoms. The second kappa shape index (κ2) is 9.25. The monoisotopic (exact) mass is 384 g/mol. The van der Waals surface area contributed by atoms with Crippen molar-refractivity contribution in [2.75, 3.05) is 26.7 Å². The summed E-state index contributed by atoms with van der Waals surface area (Å²) >= 11 is 0. The predicted octanol–water partition coefficient (Wildman–Crippen LogP) is 1.41. The number of rotatable bonds is 6. The molecule has 1 amide bonds. The van der Waals surface area contributed by atoms with E-state index in [1.165, 1.54) is 0 Å². The van der Waals surface area contributed by atoms with Crippen molar-refractivity contribution in [2.24, 2.45) is 16.6 Å². The number of hydrogen-bond donors (Lipinski definition) is 2. The van der Waals surface area contributed by atoms with Crippen LogP contribution in [0.5, 0.6) is 5.75 Å². The van der Waals surface area contributed by atoms with Crippen LogP contribution in [0.15, 0.2) is 48.0 Å². The molecule has 2 aromatic rings. The molecule has 1 aliphatic rings. The Balaban J connectivity index is 1.60. The first kappa shape index (κ1) is 19.7. The van der Waals surface area contributed by atoms with Gasteiger partial charge in [0.05, 0.1) is 12.4 Å². The molecular weight excluding hydrogens is 356 g/mol. The molecular formula is C20H28N6O2. The van der Waals surface area contributed by atoms with Gasteiger partial charge >= 0.3 is 0 Å². The highest BCUT2D eigenvalue weighted by molar-refractivity contribution is 5.80. The lowest BCUT2D eigenvalue weighted by Gasteiger charge is -2.39. The number of nitrogens with zero attached hydrogens (tertiary/aromatic N) is 4. The van der Waals surface area contributed by atoms with Gasteiger partial charge in [0.1, 0.15) is 5.75 Å². The third-order valence-electron chi connectivity index (χ3n) is 5.07. The number of piperidine rings is 1. The summed E-state index contributed by atoms with van der Waals surface area (Å²) in [6, 6.07) is 7.98. The van der Waals surface area contributed by atoms with E-state index in [1.54, 1.807) is 7.05 Å². The fraction of sp³-hybridized carbons (Fsp3) is 0.450. The molecule has 8 heteroatoms. The maximum Gasteiger partial charge on any atom is 0.255 e. The summed E-state index contributed by atoms with van der Waals surface area (Å²) in [7, 11) is 1.80. The van der Waals surface area contributed by atoms with Gasteiger partial charge in [0.15, 0.2) is 12.6 Å². The minimum atomic E-state index is -0.490. The minimum Gasteiger partial charge on any atom is -0.484 e.